The first kappa shape index (κ1) is 11.7. The third kappa shape index (κ3) is 2.57. The predicted octanol–water partition coefficient (Wildman–Crippen LogP) is 4.35. The first-order chi connectivity index (χ1) is 6.70. The van der Waals surface area contributed by atoms with Gasteiger partial charge >= 0.3 is 0 Å². The third-order valence-electron chi connectivity index (χ3n) is 2.80. The molecule has 0 radical (unpaired) electrons. The van der Waals surface area contributed by atoms with Crippen LogP contribution in [0.2, 0.25) is 0 Å². The van der Waals surface area contributed by atoms with Gasteiger partial charge in [0.05, 0.1) is 0 Å². The van der Waals surface area contributed by atoms with E-state index in [1.807, 2.05) is 12.1 Å². The molecule has 2 unspecified atom stereocenters. The second kappa shape index (κ2) is 5.50. The van der Waals surface area contributed by atoms with E-state index in [4.69, 9.17) is 0 Å². The van der Waals surface area contributed by atoms with Crippen LogP contribution < -0.4 is 0 Å². The average Bonchev–Trinajstić information content (AvgIpc) is 2.21. The van der Waals surface area contributed by atoms with E-state index in [9.17, 15) is 4.39 Å². The van der Waals surface area contributed by atoms with Crippen LogP contribution >= 0.6 is 15.9 Å². The topological polar surface area (TPSA) is 0 Å². The Labute approximate surface area is 93.7 Å². The minimum Gasteiger partial charge on any atom is -0.207 e. The van der Waals surface area contributed by atoms with E-state index in [1.54, 1.807) is 6.07 Å². The van der Waals surface area contributed by atoms with Crippen LogP contribution in [0.4, 0.5) is 4.39 Å². The Morgan fingerprint density at radius 3 is 2.50 bits per heavy atom. The molecule has 1 rings (SSSR count). The molecule has 0 aliphatic heterocycles. The van der Waals surface area contributed by atoms with Gasteiger partial charge in [0, 0.05) is 5.33 Å². The van der Waals surface area contributed by atoms with Crippen LogP contribution in [0.25, 0.3) is 0 Å². The summed E-state index contributed by atoms with van der Waals surface area (Å²) < 4.78 is 13.5. The number of hydrogen-bond donors (Lipinski definition) is 0. The first-order valence-corrected chi connectivity index (χ1v) is 6.13. The van der Waals surface area contributed by atoms with Crippen molar-refractivity contribution in [3.63, 3.8) is 0 Å². The summed E-state index contributed by atoms with van der Waals surface area (Å²) >= 11 is 3.46. The van der Waals surface area contributed by atoms with Crippen molar-refractivity contribution < 1.29 is 4.39 Å². The van der Waals surface area contributed by atoms with Gasteiger partial charge < -0.3 is 0 Å². The Bertz CT molecular complexity index is 285. The molecule has 0 aromatic heterocycles. The quantitative estimate of drug-likeness (QED) is 0.705. The van der Waals surface area contributed by atoms with E-state index in [2.05, 4.69) is 29.8 Å². The zero-order valence-corrected chi connectivity index (χ0v) is 10.2. The fraction of sp³-hybridized carbons (Fsp3) is 0.500. The molecular formula is C12H16BrF. The lowest BCUT2D eigenvalue weighted by atomic mass is 9.87. The van der Waals surface area contributed by atoms with Gasteiger partial charge in [0.1, 0.15) is 5.82 Å². The molecule has 0 amide bonds. The van der Waals surface area contributed by atoms with E-state index in [0.717, 1.165) is 17.3 Å². The summed E-state index contributed by atoms with van der Waals surface area (Å²) in [4.78, 5) is 0. The molecule has 0 saturated carbocycles. The molecular weight excluding hydrogens is 243 g/mol. The SMILES string of the molecule is CCC(C)C(CBr)c1ccccc1F. The zero-order valence-electron chi connectivity index (χ0n) is 8.63. The summed E-state index contributed by atoms with van der Waals surface area (Å²) in [6, 6.07) is 7.05. The molecule has 0 saturated heterocycles. The molecule has 0 spiro atoms. The van der Waals surface area contributed by atoms with E-state index in [1.165, 1.54) is 6.07 Å². The van der Waals surface area contributed by atoms with Gasteiger partial charge in [-0.15, -0.1) is 0 Å². The van der Waals surface area contributed by atoms with E-state index >= 15 is 0 Å². The van der Waals surface area contributed by atoms with Gasteiger partial charge in [-0.1, -0.05) is 54.4 Å². The summed E-state index contributed by atoms with van der Waals surface area (Å²) in [6.07, 6.45) is 1.07. The minimum atomic E-state index is -0.0859. The van der Waals surface area contributed by atoms with Gasteiger partial charge in [-0.25, -0.2) is 4.39 Å². The van der Waals surface area contributed by atoms with Crippen LogP contribution in [0.5, 0.6) is 0 Å². The highest BCUT2D eigenvalue weighted by Gasteiger charge is 2.19. The lowest BCUT2D eigenvalue weighted by Gasteiger charge is -2.21. The van der Waals surface area contributed by atoms with Gasteiger partial charge in [-0.05, 0) is 23.5 Å². The van der Waals surface area contributed by atoms with Crippen LogP contribution in [-0.4, -0.2) is 5.33 Å². The molecule has 0 aliphatic carbocycles. The van der Waals surface area contributed by atoms with Gasteiger partial charge in [-0.3, -0.25) is 0 Å². The summed E-state index contributed by atoms with van der Waals surface area (Å²) in [5.74, 6) is 0.699. The molecule has 0 heterocycles. The third-order valence-corrected chi connectivity index (χ3v) is 3.50. The summed E-state index contributed by atoms with van der Waals surface area (Å²) in [5.41, 5.74) is 0.832. The Balaban J connectivity index is 2.94. The Hall–Kier alpha value is -0.370. The maximum absolute atomic E-state index is 13.5. The number of benzene rings is 1. The van der Waals surface area contributed by atoms with Crippen molar-refractivity contribution in [1.29, 1.82) is 0 Å². The highest BCUT2D eigenvalue weighted by molar-refractivity contribution is 9.09. The second-order valence-electron chi connectivity index (χ2n) is 3.67. The highest BCUT2D eigenvalue weighted by atomic mass is 79.9. The van der Waals surface area contributed by atoms with Gasteiger partial charge in [-0.2, -0.15) is 0 Å². The minimum absolute atomic E-state index is 0.0859. The molecule has 2 atom stereocenters. The molecule has 1 aromatic carbocycles. The summed E-state index contributed by atoms with van der Waals surface area (Å²) in [5, 5.41) is 0.822. The van der Waals surface area contributed by atoms with Crippen LogP contribution in [0, 0.1) is 11.7 Å². The van der Waals surface area contributed by atoms with Crippen LogP contribution in [0.1, 0.15) is 31.7 Å². The van der Waals surface area contributed by atoms with Crippen molar-refractivity contribution in [2.45, 2.75) is 26.2 Å². The molecule has 78 valence electrons. The number of rotatable bonds is 4. The van der Waals surface area contributed by atoms with Crippen molar-refractivity contribution in [3.05, 3.63) is 35.6 Å². The van der Waals surface area contributed by atoms with Gasteiger partial charge in [0.15, 0.2) is 0 Å². The van der Waals surface area contributed by atoms with Crippen molar-refractivity contribution >= 4 is 15.9 Å². The second-order valence-corrected chi connectivity index (χ2v) is 4.32. The van der Waals surface area contributed by atoms with E-state index in [0.29, 0.717) is 5.92 Å². The molecule has 1 aromatic rings. The fourth-order valence-corrected chi connectivity index (χ4v) is 2.59. The molecule has 2 heteroatoms. The molecule has 0 nitrogen and oxygen atoms in total. The van der Waals surface area contributed by atoms with Gasteiger partial charge in [0.25, 0.3) is 0 Å². The van der Waals surface area contributed by atoms with Crippen molar-refractivity contribution in [1.82, 2.24) is 0 Å². The molecule has 0 bridgehead atoms. The maximum atomic E-state index is 13.5. The molecule has 14 heavy (non-hydrogen) atoms. The summed E-state index contributed by atoms with van der Waals surface area (Å²) in [6.45, 7) is 4.31. The van der Waals surface area contributed by atoms with Crippen molar-refractivity contribution in [3.8, 4) is 0 Å². The molecule has 0 N–H and O–H groups in total. The maximum Gasteiger partial charge on any atom is 0.126 e. The van der Waals surface area contributed by atoms with Crippen LogP contribution in [0.15, 0.2) is 24.3 Å². The number of alkyl halides is 1. The summed E-state index contributed by atoms with van der Waals surface area (Å²) in [7, 11) is 0. The van der Waals surface area contributed by atoms with Crippen LogP contribution in [-0.2, 0) is 0 Å². The average molecular weight is 259 g/mol. The molecule has 0 aliphatic rings. The van der Waals surface area contributed by atoms with Crippen molar-refractivity contribution in [2.24, 2.45) is 5.92 Å². The first-order valence-electron chi connectivity index (χ1n) is 5.01. The standard InChI is InChI=1S/C12H16BrF/c1-3-9(2)11(8-13)10-6-4-5-7-12(10)14/h4-7,9,11H,3,8H2,1-2H3. The Kier molecular flexibility index (Phi) is 4.59. The largest absolute Gasteiger partial charge is 0.207 e. The number of hydrogen-bond acceptors (Lipinski definition) is 0. The molecule has 0 fully saturated rings. The zero-order chi connectivity index (χ0) is 10.6. The van der Waals surface area contributed by atoms with Gasteiger partial charge in [0.2, 0.25) is 0 Å². The lowest BCUT2D eigenvalue weighted by Crippen LogP contribution is -2.12. The normalized spacial score (nSPS) is 15.1. The highest BCUT2D eigenvalue weighted by Crippen LogP contribution is 2.30. The smallest absolute Gasteiger partial charge is 0.126 e. The lowest BCUT2D eigenvalue weighted by molar-refractivity contribution is 0.461. The van der Waals surface area contributed by atoms with E-state index in [-0.39, 0.29) is 11.7 Å². The van der Waals surface area contributed by atoms with Crippen molar-refractivity contribution in [2.75, 3.05) is 5.33 Å². The van der Waals surface area contributed by atoms with Crippen LogP contribution in [0.3, 0.4) is 0 Å². The fourth-order valence-electron chi connectivity index (χ4n) is 1.60. The number of halogens is 2. The Morgan fingerprint density at radius 2 is 2.00 bits per heavy atom. The van der Waals surface area contributed by atoms with E-state index < -0.39 is 0 Å². The Morgan fingerprint density at radius 1 is 1.36 bits per heavy atom. The monoisotopic (exact) mass is 258 g/mol. The predicted molar refractivity (Wildman–Crippen MR) is 62.4 cm³/mol.